The Morgan fingerprint density at radius 1 is 1.04 bits per heavy atom. The van der Waals surface area contributed by atoms with Crippen molar-refractivity contribution in [3.05, 3.63) is 58.1 Å². The summed E-state index contributed by atoms with van der Waals surface area (Å²) in [4.78, 5) is 35.7. The van der Waals surface area contributed by atoms with Gasteiger partial charge >= 0.3 is 5.97 Å². The van der Waals surface area contributed by atoms with E-state index in [0.717, 1.165) is 5.56 Å². The standard InChI is InChI=1S/C18H18O6/c1-10-13(16(22)18(24-3)17(23-2)15(10)21)8-11-5-4-6-12(7-11)9-14(19)20/h4-7H,8-9H2,1-3H3,(H,19,20). The lowest BCUT2D eigenvalue weighted by Gasteiger charge is -2.20. The van der Waals surface area contributed by atoms with Gasteiger partial charge in [0.05, 0.1) is 20.6 Å². The zero-order chi connectivity index (χ0) is 17.9. The number of hydrogen-bond donors (Lipinski definition) is 1. The number of methoxy groups -OCH3 is 2. The van der Waals surface area contributed by atoms with Crippen LogP contribution in [0.15, 0.2) is 46.9 Å². The summed E-state index contributed by atoms with van der Waals surface area (Å²) in [7, 11) is 2.62. The molecule has 0 spiro atoms. The minimum atomic E-state index is -0.930. The van der Waals surface area contributed by atoms with Crippen molar-refractivity contribution in [1.29, 1.82) is 0 Å². The van der Waals surface area contributed by atoms with Crippen LogP contribution in [-0.4, -0.2) is 36.9 Å². The van der Waals surface area contributed by atoms with Crippen LogP contribution in [0.5, 0.6) is 0 Å². The van der Waals surface area contributed by atoms with Gasteiger partial charge in [-0.25, -0.2) is 0 Å². The van der Waals surface area contributed by atoms with Crippen LogP contribution in [-0.2, 0) is 36.7 Å². The van der Waals surface area contributed by atoms with Crippen molar-refractivity contribution >= 4 is 17.5 Å². The first-order valence-electron chi connectivity index (χ1n) is 7.30. The molecule has 0 saturated carbocycles. The number of carbonyl (C=O) groups is 3. The second-order valence-corrected chi connectivity index (χ2v) is 5.40. The molecule has 1 aromatic carbocycles. The lowest BCUT2D eigenvalue weighted by molar-refractivity contribution is -0.136. The van der Waals surface area contributed by atoms with E-state index in [9.17, 15) is 14.4 Å². The van der Waals surface area contributed by atoms with Crippen LogP contribution in [0.4, 0.5) is 0 Å². The number of Topliss-reactive ketones (excluding diaryl/α,β-unsaturated/α-hetero) is 2. The van der Waals surface area contributed by atoms with Crippen LogP contribution in [0.25, 0.3) is 0 Å². The van der Waals surface area contributed by atoms with Gasteiger partial charge in [-0.15, -0.1) is 0 Å². The van der Waals surface area contributed by atoms with Gasteiger partial charge in [-0.1, -0.05) is 24.3 Å². The molecule has 0 atom stereocenters. The molecule has 0 amide bonds. The van der Waals surface area contributed by atoms with Crippen molar-refractivity contribution in [2.24, 2.45) is 0 Å². The molecule has 24 heavy (non-hydrogen) atoms. The topological polar surface area (TPSA) is 89.9 Å². The van der Waals surface area contributed by atoms with Crippen LogP contribution in [0.3, 0.4) is 0 Å². The molecule has 1 aromatic rings. The summed E-state index contributed by atoms with van der Waals surface area (Å²) in [6.45, 7) is 1.57. The molecule has 6 nitrogen and oxygen atoms in total. The Hall–Kier alpha value is -2.89. The molecule has 1 aliphatic rings. The van der Waals surface area contributed by atoms with E-state index in [1.807, 2.05) is 0 Å². The van der Waals surface area contributed by atoms with Crippen molar-refractivity contribution < 1.29 is 29.0 Å². The minimum absolute atomic E-state index is 0.0941. The van der Waals surface area contributed by atoms with Gasteiger partial charge < -0.3 is 14.6 Å². The Kier molecular flexibility index (Phi) is 5.18. The average Bonchev–Trinajstić information content (AvgIpc) is 2.54. The van der Waals surface area contributed by atoms with E-state index in [1.165, 1.54) is 14.2 Å². The third-order valence-corrected chi connectivity index (χ3v) is 3.82. The summed E-state index contributed by atoms with van der Waals surface area (Å²) >= 11 is 0. The third-order valence-electron chi connectivity index (χ3n) is 3.82. The van der Waals surface area contributed by atoms with Gasteiger partial charge in [0.2, 0.25) is 23.1 Å². The molecule has 0 heterocycles. The number of ether oxygens (including phenoxy) is 2. The summed E-state index contributed by atoms with van der Waals surface area (Å²) in [6.07, 6.45) is 0.115. The van der Waals surface area contributed by atoms with E-state index < -0.39 is 11.8 Å². The van der Waals surface area contributed by atoms with Crippen molar-refractivity contribution in [2.45, 2.75) is 19.8 Å². The lowest BCUT2D eigenvalue weighted by Crippen LogP contribution is -2.26. The minimum Gasteiger partial charge on any atom is -0.489 e. The molecule has 126 valence electrons. The number of rotatable bonds is 6. The zero-order valence-electron chi connectivity index (χ0n) is 13.7. The van der Waals surface area contributed by atoms with E-state index in [-0.39, 0.29) is 30.1 Å². The summed E-state index contributed by atoms with van der Waals surface area (Å²) in [5.41, 5.74) is 2.01. The van der Waals surface area contributed by atoms with Gasteiger partial charge in [-0.3, -0.25) is 14.4 Å². The summed E-state index contributed by atoms with van der Waals surface area (Å²) < 4.78 is 10.0. The van der Waals surface area contributed by atoms with Gasteiger partial charge in [0.1, 0.15) is 0 Å². The molecule has 0 fully saturated rings. The Bertz CT molecular complexity index is 769. The van der Waals surface area contributed by atoms with Gasteiger partial charge in [-0.2, -0.15) is 0 Å². The van der Waals surface area contributed by atoms with Crippen molar-refractivity contribution in [1.82, 2.24) is 0 Å². The molecular formula is C18H18O6. The van der Waals surface area contributed by atoms with Crippen LogP contribution in [0.2, 0.25) is 0 Å². The first kappa shape index (κ1) is 17.5. The summed E-state index contributed by atoms with van der Waals surface area (Å²) in [5, 5.41) is 8.88. The first-order valence-corrected chi connectivity index (χ1v) is 7.30. The SMILES string of the molecule is COC1=C(OC)C(=O)C(Cc2cccc(CC(=O)O)c2)=C(C)C1=O. The molecule has 0 bridgehead atoms. The highest BCUT2D eigenvalue weighted by Gasteiger charge is 2.34. The second-order valence-electron chi connectivity index (χ2n) is 5.40. The fourth-order valence-electron chi connectivity index (χ4n) is 2.63. The number of hydrogen-bond acceptors (Lipinski definition) is 5. The molecule has 0 aromatic heterocycles. The Morgan fingerprint density at radius 3 is 2.21 bits per heavy atom. The van der Waals surface area contributed by atoms with Gasteiger partial charge in [0.15, 0.2) is 0 Å². The fraction of sp³-hybridized carbons (Fsp3) is 0.278. The van der Waals surface area contributed by atoms with Crippen LogP contribution < -0.4 is 0 Å². The first-order chi connectivity index (χ1) is 11.4. The van der Waals surface area contributed by atoms with Gasteiger partial charge in [-0.05, 0) is 18.1 Å². The highest BCUT2D eigenvalue weighted by atomic mass is 16.5. The predicted octanol–water partition coefficient (Wildman–Crippen LogP) is 1.83. The number of carboxylic acids is 1. The number of benzene rings is 1. The molecule has 0 aliphatic heterocycles. The highest BCUT2D eigenvalue weighted by Crippen LogP contribution is 2.28. The van der Waals surface area contributed by atoms with Crippen molar-refractivity contribution in [3.63, 3.8) is 0 Å². The van der Waals surface area contributed by atoms with Gasteiger partial charge in [0.25, 0.3) is 0 Å². The molecule has 1 aliphatic carbocycles. The molecule has 0 unspecified atom stereocenters. The van der Waals surface area contributed by atoms with E-state index in [2.05, 4.69) is 0 Å². The Labute approximate surface area is 139 Å². The van der Waals surface area contributed by atoms with Crippen molar-refractivity contribution in [3.8, 4) is 0 Å². The fourth-order valence-corrected chi connectivity index (χ4v) is 2.63. The van der Waals surface area contributed by atoms with Gasteiger partial charge in [0, 0.05) is 17.6 Å². The second kappa shape index (κ2) is 7.12. The van der Waals surface area contributed by atoms with E-state index >= 15 is 0 Å². The normalized spacial score (nSPS) is 15.0. The average molecular weight is 330 g/mol. The molecule has 0 saturated heterocycles. The number of ketones is 2. The molecule has 0 radical (unpaired) electrons. The molecule has 2 rings (SSSR count). The van der Waals surface area contributed by atoms with E-state index in [1.54, 1.807) is 31.2 Å². The highest BCUT2D eigenvalue weighted by molar-refractivity contribution is 6.23. The maximum atomic E-state index is 12.6. The van der Waals surface area contributed by atoms with Crippen molar-refractivity contribution in [2.75, 3.05) is 14.2 Å². The van der Waals surface area contributed by atoms with E-state index in [4.69, 9.17) is 14.6 Å². The Balaban J connectivity index is 2.36. The number of carboxylic acid groups (broad SMARTS) is 1. The number of aliphatic carboxylic acids is 1. The summed E-state index contributed by atoms with van der Waals surface area (Å²) in [5.74, 6) is -1.91. The number of allylic oxidation sites excluding steroid dienone is 2. The van der Waals surface area contributed by atoms with Crippen LogP contribution in [0, 0.1) is 0 Å². The zero-order valence-corrected chi connectivity index (χ0v) is 13.7. The molecular weight excluding hydrogens is 312 g/mol. The lowest BCUT2D eigenvalue weighted by atomic mass is 9.88. The monoisotopic (exact) mass is 330 g/mol. The Morgan fingerprint density at radius 2 is 1.62 bits per heavy atom. The quantitative estimate of drug-likeness (QED) is 0.800. The number of carbonyl (C=O) groups excluding carboxylic acids is 2. The third kappa shape index (κ3) is 3.37. The largest absolute Gasteiger partial charge is 0.489 e. The molecule has 1 N–H and O–H groups in total. The summed E-state index contributed by atoms with van der Waals surface area (Å²) in [6, 6.07) is 6.93. The maximum Gasteiger partial charge on any atom is 0.307 e. The van der Waals surface area contributed by atoms with E-state index in [0.29, 0.717) is 16.7 Å². The maximum absolute atomic E-state index is 12.6. The molecule has 6 heteroatoms. The smallest absolute Gasteiger partial charge is 0.307 e. The predicted molar refractivity (Wildman–Crippen MR) is 85.2 cm³/mol. The van der Waals surface area contributed by atoms with Crippen LogP contribution in [0.1, 0.15) is 18.1 Å². The van der Waals surface area contributed by atoms with Crippen LogP contribution >= 0.6 is 0 Å².